The Morgan fingerprint density at radius 2 is 1.75 bits per heavy atom. The summed E-state index contributed by atoms with van der Waals surface area (Å²) in [5.74, 6) is -3.94. The number of rotatable bonds is 14. The average molecular weight is 928 g/mol. The molecule has 1 heterocycles. The van der Waals surface area contributed by atoms with Gasteiger partial charge in [0.1, 0.15) is 17.8 Å². The first-order valence-corrected chi connectivity index (χ1v) is 23.8. The van der Waals surface area contributed by atoms with E-state index in [4.69, 9.17) is 24.5 Å². The molecule has 1 aliphatic heterocycles. The molecule has 6 aliphatic carbocycles. The van der Waals surface area contributed by atoms with E-state index in [-0.39, 0.29) is 61.6 Å². The number of benzene rings is 1. The number of carbonyl (C=O) groups excluding carboxylic acids is 5. The zero-order valence-electron chi connectivity index (χ0n) is 37.4. The fourth-order valence-corrected chi connectivity index (χ4v) is 13.4. The number of aliphatic hydroxyl groups is 1. The summed E-state index contributed by atoms with van der Waals surface area (Å²) in [5.41, 5.74) is -0.664. The number of alkyl halides is 2. The van der Waals surface area contributed by atoms with E-state index in [2.05, 4.69) is 10.6 Å². The van der Waals surface area contributed by atoms with Gasteiger partial charge in [0.05, 0.1) is 18.8 Å². The van der Waals surface area contributed by atoms with E-state index >= 15 is 8.78 Å². The van der Waals surface area contributed by atoms with Crippen LogP contribution in [0, 0.1) is 34.0 Å². The summed E-state index contributed by atoms with van der Waals surface area (Å²) in [7, 11) is -3.41. The number of nitrogens with two attached hydrogens (primary N) is 1. The number of allylic oxidation sites excluding steroid dienone is 4. The summed E-state index contributed by atoms with van der Waals surface area (Å²) in [6.07, 6.45) is 2.04. The van der Waals surface area contributed by atoms with Crippen LogP contribution in [-0.4, -0.2) is 94.9 Å². The Balaban J connectivity index is 0.897. The number of ketones is 2. The van der Waals surface area contributed by atoms with Crippen LogP contribution in [0.4, 0.5) is 8.78 Å². The molecule has 6 fully saturated rings. The molecule has 1 aromatic rings. The van der Waals surface area contributed by atoms with Gasteiger partial charge in [-0.1, -0.05) is 37.3 Å². The van der Waals surface area contributed by atoms with Crippen molar-refractivity contribution < 1.29 is 66.1 Å². The van der Waals surface area contributed by atoms with Gasteiger partial charge in [-0.15, -0.1) is 4.52 Å². The molecule has 1 aromatic carbocycles. The lowest BCUT2D eigenvalue weighted by Crippen LogP contribution is -2.70. The number of hydrogen-bond acceptors (Lipinski definition) is 13. The van der Waals surface area contributed by atoms with Gasteiger partial charge in [-0.25, -0.2) is 8.78 Å². The lowest BCUT2D eigenvalue weighted by molar-refractivity contribution is -0.235. The number of aliphatic hydroxyl groups excluding tert-OH is 1. The number of ether oxygens (including phenoxy) is 3. The Labute approximate surface area is 377 Å². The second-order valence-electron chi connectivity index (χ2n) is 21.1. The molecule has 0 bridgehead atoms. The summed E-state index contributed by atoms with van der Waals surface area (Å²) < 4.78 is 68.7. The summed E-state index contributed by atoms with van der Waals surface area (Å²) in [6.45, 7) is 7.30. The SMILES string of the molecule is CC(C)(C)OC(=O)CC[C@H](NC(=O)CN)C(=O)NC1CC2(CC(Cc3ccc([C@@H]4O[C@@H]5C[C@H]6[C@@H]7C[C@H](F)C8=CC(=O)C=C[C@]8(C)[C@@]7(F)[C@@H](O)C[C@]6(C)[C@]5(C(=O)CO[P+](=O)[O-])O4)cc3)C2)C1. The van der Waals surface area contributed by atoms with E-state index in [0.717, 1.165) is 43.7 Å². The monoisotopic (exact) mass is 927 g/mol. The second kappa shape index (κ2) is 17.0. The minimum Gasteiger partial charge on any atom is -0.566 e. The lowest BCUT2D eigenvalue weighted by atomic mass is 9.44. The van der Waals surface area contributed by atoms with Gasteiger partial charge >= 0.3 is 14.2 Å². The lowest BCUT2D eigenvalue weighted by Gasteiger charge is -2.63. The molecule has 65 heavy (non-hydrogen) atoms. The zero-order valence-corrected chi connectivity index (χ0v) is 38.3. The molecule has 1 unspecified atom stereocenters. The molecule has 2 amide bonds. The molecule has 1 spiro atoms. The molecule has 5 saturated carbocycles. The summed E-state index contributed by atoms with van der Waals surface area (Å²) in [4.78, 5) is 75.7. The largest absolute Gasteiger partial charge is 0.566 e. The van der Waals surface area contributed by atoms with Crippen LogP contribution >= 0.6 is 8.25 Å². The standard InChI is InChI=1S/C47H60F2N3O12P/c1-42(2,3)63-39(57)11-10-34(52-38(56)23-50)40(58)51-28-20-45(21-28)18-26(19-45)14-25-6-8-27(9-7-25)41-62-37-17-30-31-16-33(48)32-15-29(53)12-13-43(32,4)46(31,49)35(54)22-44(30,5)47(37,64-41)36(55)24-61-65(59)60/h6-9,12-13,15,26,28,30-31,33-35,37,41,54H,10-11,14,16-24,50H2,1-5H3,(H,51,58)(H,52,56)/t26?,28?,30-,31-,33-,34-,35-,37+,41+,43-,44-,45?,46-,47+/m0/s1. The molecule has 0 radical (unpaired) electrons. The molecule has 12 atom stereocenters. The highest BCUT2D eigenvalue weighted by Crippen LogP contribution is 2.73. The number of amides is 2. The van der Waals surface area contributed by atoms with Crippen LogP contribution in [0.3, 0.4) is 0 Å². The highest BCUT2D eigenvalue weighted by atomic mass is 31.1. The molecule has 0 aromatic heterocycles. The Morgan fingerprint density at radius 3 is 2.40 bits per heavy atom. The maximum atomic E-state index is 17.8. The molecule has 18 heteroatoms. The van der Waals surface area contributed by atoms with Crippen LogP contribution in [0.1, 0.15) is 110 Å². The zero-order chi connectivity index (χ0) is 47.1. The quantitative estimate of drug-likeness (QED) is 0.152. The average Bonchev–Trinajstić information content (AvgIpc) is 3.71. The highest BCUT2D eigenvalue weighted by Gasteiger charge is 2.80. The van der Waals surface area contributed by atoms with Crippen molar-refractivity contribution in [3.8, 4) is 0 Å². The maximum absolute atomic E-state index is 17.8. The van der Waals surface area contributed by atoms with Gasteiger partial charge in [-0.3, -0.25) is 24.0 Å². The van der Waals surface area contributed by atoms with Gasteiger partial charge < -0.3 is 40.6 Å². The molecule has 1 saturated heterocycles. The smallest absolute Gasteiger partial charge is 0.488 e. The number of hydrogen-bond donors (Lipinski definition) is 4. The molecule has 8 rings (SSSR count). The van der Waals surface area contributed by atoms with E-state index in [1.54, 1.807) is 27.7 Å². The predicted molar refractivity (Wildman–Crippen MR) is 227 cm³/mol. The van der Waals surface area contributed by atoms with Gasteiger partial charge in [-0.05, 0) is 131 Å². The van der Waals surface area contributed by atoms with Crippen molar-refractivity contribution in [1.29, 1.82) is 0 Å². The van der Waals surface area contributed by atoms with Crippen molar-refractivity contribution in [2.45, 2.75) is 152 Å². The van der Waals surface area contributed by atoms with Gasteiger partial charge in [0.25, 0.3) is 0 Å². The number of fused-ring (bicyclic) bond motifs is 7. The number of esters is 1. The summed E-state index contributed by atoms with van der Waals surface area (Å²) >= 11 is 0. The summed E-state index contributed by atoms with van der Waals surface area (Å²) in [5, 5.41) is 17.5. The predicted octanol–water partition coefficient (Wildman–Crippen LogP) is 4.15. The Morgan fingerprint density at radius 1 is 1.06 bits per heavy atom. The van der Waals surface area contributed by atoms with Crippen molar-refractivity contribution in [1.82, 2.24) is 10.6 Å². The molecule has 7 aliphatic rings. The van der Waals surface area contributed by atoms with Crippen LogP contribution in [-0.2, 0) is 53.7 Å². The third kappa shape index (κ3) is 8.24. The number of halogens is 2. The summed E-state index contributed by atoms with van der Waals surface area (Å²) in [6, 6.07) is 6.64. The maximum Gasteiger partial charge on any atom is 0.488 e. The van der Waals surface area contributed by atoms with Crippen molar-refractivity contribution in [3.05, 3.63) is 59.2 Å². The second-order valence-corrected chi connectivity index (χ2v) is 21.8. The number of Topliss-reactive ketones (excluding diaryl/α,β-unsaturated/α-hetero) is 1. The molecule has 15 nitrogen and oxygen atoms in total. The van der Waals surface area contributed by atoms with Crippen molar-refractivity contribution in [3.63, 3.8) is 0 Å². The van der Waals surface area contributed by atoms with E-state index < -0.39 is 109 Å². The fourth-order valence-electron chi connectivity index (χ4n) is 13.2. The van der Waals surface area contributed by atoms with E-state index in [1.165, 1.54) is 19.1 Å². The van der Waals surface area contributed by atoms with Crippen LogP contribution in [0.2, 0.25) is 0 Å². The highest BCUT2D eigenvalue weighted by molar-refractivity contribution is 7.30. The van der Waals surface area contributed by atoms with Crippen molar-refractivity contribution >= 4 is 37.6 Å². The molecular formula is C47H60F2N3O12P. The molecular weight excluding hydrogens is 867 g/mol. The first-order valence-electron chi connectivity index (χ1n) is 22.7. The number of nitrogens with one attached hydrogen (secondary N) is 2. The Hall–Kier alpha value is -3.83. The first-order chi connectivity index (χ1) is 30.5. The van der Waals surface area contributed by atoms with Crippen molar-refractivity contribution in [2.75, 3.05) is 13.2 Å². The van der Waals surface area contributed by atoms with Crippen LogP contribution in [0.5, 0.6) is 0 Å². The fraction of sp³-hybridized carbons (Fsp3) is 0.681. The Bertz CT molecular complexity index is 2190. The third-order valence-electron chi connectivity index (χ3n) is 15.9. The van der Waals surface area contributed by atoms with E-state index in [1.807, 2.05) is 24.3 Å². The minimum absolute atomic E-state index is 0.0231. The third-order valence-corrected chi connectivity index (χ3v) is 16.2. The van der Waals surface area contributed by atoms with Crippen LogP contribution < -0.4 is 21.3 Å². The van der Waals surface area contributed by atoms with Crippen LogP contribution in [0.15, 0.2) is 48.1 Å². The van der Waals surface area contributed by atoms with Crippen molar-refractivity contribution in [2.24, 2.45) is 39.7 Å². The van der Waals surface area contributed by atoms with Gasteiger partial charge in [0.2, 0.25) is 11.8 Å². The normalized spacial score (nSPS) is 39.6. The Kier molecular flexibility index (Phi) is 12.5. The van der Waals surface area contributed by atoms with Gasteiger partial charge in [-0.2, -0.15) is 0 Å². The minimum atomic E-state index is -3.41. The van der Waals surface area contributed by atoms with Gasteiger partial charge in [0.15, 0.2) is 35.7 Å². The molecule has 354 valence electrons. The van der Waals surface area contributed by atoms with E-state index in [0.29, 0.717) is 11.5 Å². The van der Waals surface area contributed by atoms with Gasteiger partial charge in [0, 0.05) is 34.8 Å². The van der Waals surface area contributed by atoms with E-state index in [9.17, 15) is 38.5 Å². The topological polar surface area (TPSA) is 233 Å². The molecule has 5 N–H and O–H groups in total. The first kappa shape index (κ1) is 47.7. The number of carbonyl (C=O) groups is 5. The van der Waals surface area contributed by atoms with Crippen LogP contribution in [0.25, 0.3) is 0 Å².